The predicted molar refractivity (Wildman–Crippen MR) is 109 cm³/mol. The van der Waals surface area contributed by atoms with Gasteiger partial charge in [0.2, 0.25) is 0 Å². The lowest BCUT2D eigenvalue weighted by Gasteiger charge is -2.36. The zero-order valence-corrected chi connectivity index (χ0v) is 16.2. The molecule has 2 N–H and O–H groups in total. The number of thiocarbonyl (C=S) groups is 1. The van der Waals surface area contributed by atoms with Crippen LogP contribution >= 0.6 is 34.8 Å². The minimum atomic E-state index is 0.128. The molecule has 2 aliphatic rings. The summed E-state index contributed by atoms with van der Waals surface area (Å²) in [6.07, 6.45) is 2.06. The molecule has 0 spiro atoms. The maximum absolute atomic E-state index is 5.48. The number of halogens is 1. The van der Waals surface area contributed by atoms with E-state index in [-0.39, 0.29) is 6.04 Å². The van der Waals surface area contributed by atoms with Gasteiger partial charge >= 0.3 is 0 Å². The van der Waals surface area contributed by atoms with Crippen molar-refractivity contribution in [2.24, 2.45) is 0 Å². The minimum Gasteiger partial charge on any atom is -0.497 e. The van der Waals surface area contributed by atoms with E-state index in [9.17, 15) is 0 Å². The van der Waals surface area contributed by atoms with Gasteiger partial charge in [0.1, 0.15) is 5.75 Å². The van der Waals surface area contributed by atoms with Gasteiger partial charge in [0.05, 0.1) is 13.2 Å². The van der Waals surface area contributed by atoms with E-state index in [4.69, 9.17) is 17.0 Å². The van der Waals surface area contributed by atoms with Crippen molar-refractivity contribution in [2.75, 3.05) is 7.11 Å². The van der Waals surface area contributed by atoms with Crippen LogP contribution < -0.4 is 15.4 Å². The molecule has 1 aliphatic carbocycles. The maximum atomic E-state index is 5.48. The first kappa shape index (κ1) is 15.9. The molecule has 2 aromatic carbocycles. The molecule has 0 fully saturated rings. The van der Waals surface area contributed by atoms with Crippen molar-refractivity contribution >= 4 is 45.6 Å². The van der Waals surface area contributed by atoms with Gasteiger partial charge in [0.15, 0.2) is 5.11 Å². The quantitative estimate of drug-likeness (QED) is 0.534. The van der Waals surface area contributed by atoms with Gasteiger partial charge in [-0.25, -0.2) is 0 Å². The molecule has 24 heavy (non-hydrogen) atoms. The SMILES string of the molecule is COc1ccc2c(c1)C1=C(CC2)[C@@H](c2cccc(I)c2)NC(=S)N1. The molecule has 122 valence electrons. The summed E-state index contributed by atoms with van der Waals surface area (Å²) < 4.78 is 6.65. The zero-order valence-electron chi connectivity index (χ0n) is 13.2. The lowest BCUT2D eigenvalue weighted by Crippen LogP contribution is -2.44. The van der Waals surface area contributed by atoms with Gasteiger partial charge in [-0.15, -0.1) is 0 Å². The Hall–Kier alpha value is -1.60. The molecule has 1 aliphatic heterocycles. The van der Waals surface area contributed by atoms with Crippen LogP contribution in [0.1, 0.15) is 29.2 Å². The summed E-state index contributed by atoms with van der Waals surface area (Å²) in [6.45, 7) is 0. The fraction of sp³-hybridized carbons (Fsp3) is 0.211. The summed E-state index contributed by atoms with van der Waals surface area (Å²) in [5.74, 6) is 0.875. The number of hydrogen-bond acceptors (Lipinski definition) is 2. The van der Waals surface area contributed by atoms with Gasteiger partial charge in [-0.3, -0.25) is 0 Å². The van der Waals surface area contributed by atoms with Crippen LogP contribution in [0, 0.1) is 3.57 Å². The van der Waals surface area contributed by atoms with Crippen LogP contribution in [0.25, 0.3) is 5.70 Å². The Balaban J connectivity index is 1.85. The summed E-state index contributed by atoms with van der Waals surface area (Å²) >= 11 is 7.84. The molecule has 0 bridgehead atoms. The Morgan fingerprint density at radius 3 is 2.83 bits per heavy atom. The van der Waals surface area contributed by atoms with Crippen LogP contribution in [-0.2, 0) is 6.42 Å². The van der Waals surface area contributed by atoms with Gasteiger partial charge in [0.25, 0.3) is 0 Å². The molecule has 0 saturated carbocycles. The van der Waals surface area contributed by atoms with Gasteiger partial charge < -0.3 is 15.4 Å². The Kier molecular flexibility index (Phi) is 4.22. The number of ether oxygens (including phenoxy) is 1. The summed E-state index contributed by atoms with van der Waals surface area (Å²) in [6, 6.07) is 15.0. The number of aryl methyl sites for hydroxylation is 1. The fourth-order valence-corrected chi connectivity index (χ4v) is 4.26. The monoisotopic (exact) mass is 448 g/mol. The van der Waals surface area contributed by atoms with E-state index in [1.165, 1.54) is 25.8 Å². The third-order valence-electron chi connectivity index (χ3n) is 4.62. The smallest absolute Gasteiger partial charge is 0.171 e. The molecule has 3 nitrogen and oxygen atoms in total. The van der Waals surface area contributed by atoms with Gasteiger partial charge in [-0.05, 0) is 88.6 Å². The Bertz CT molecular complexity index is 862. The molecule has 1 heterocycles. The van der Waals surface area contributed by atoms with E-state index in [1.807, 2.05) is 6.07 Å². The predicted octanol–water partition coefficient (Wildman–Crippen LogP) is 4.18. The molecule has 0 radical (unpaired) electrons. The van der Waals surface area contributed by atoms with Crippen molar-refractivity contribution in [2.45, 2.75) is 18.9 Å². The highest BCUT2D eigenvalue weighted by atomic mass is 127. The van der Waals surface area contributed by atoms with E-state index in [0.29, 0.717) is 5.11 Å². The summed E-state index contributed by atoms with van der Waals surface area (Å²) in [7, 11) is 1.70. The van der Waals surface area contributed by atoms with Crippen molar-refractivity contribution < 1.29 is 4.74 Å². The van der Waals surface area contributed by atoms with E-state index in [2.05, 4.69) is 69.6 Å². The van der Waals surface area contributed by atoms with Gasteiger partial charge in [0, 0.05) is 14.8 Å². The normalized spacial score (nSPS) is 19.1. The molecule has 0 aromatic heterocycles. The largest absolute Gasteiger partial charge is 0.497 e. The molecular weight excluding hydrogens is 431 g/mol. The number of methoxy groups -OCH3 is 1. The molecule has 0 unspecified atom stereocenters. The van der Waals surface area contributed by atoms with Crippen LogP contribution in [-0.4, -0.2) is 12.2 Å². The molecule has 2 aromatic rings. The van der Waals surface area contributed by atoms with E-state index in [0.717, 1.165) is 24.3 Å². The number of hydrogen-bond donors (Lipinski definition) is 2. The minimum absolute atomic E-state index is 0.128. The second kappa shape index (κ2) is 6.37. The highest BCUT2D eigenvalue weighted by molar-refractivity contribution is 14.1. The topological polar surface area (TPSA) is 33.3 Å². The molecule has 5 heteroatoms. The Morgan fingerprint density at radius 2 is 2.04 bits per heavy atom. The van der Waals surface area contributed by atoms with Crippen molar-refractivity contribution in [3.05, 3.63) is 68.3 Å². The van der Waals surface area contributed by atoms with Crippen molar-refractivity contribution in [3.63, 3.8) is 0 Å². The second-order valence-electron chi connectivity index (χ2n) is 6.01. The number of nitrogens with one attached hydrogen (secondary N) is 2. The zero-order chi connectivity index (χ0) is 16.7. The first-order valence-corrected chi connectivity index (χ1v) is 9.38. The number of fused-ring (bicyclic) bond motifs is 2. The fourth-order valence-electron chi connectivity index (χ4n) is 3.48. The Labute approximate surface area is 160 Å². The van der Waals surface area contributed by atoms with Crippen molar-refractivity contribution in [3.8, 4) is 5.75 Å². The van der Waals surface area contributed by atoms with E-state index < -0.39 is 0 Å². The third kappa shape index (κ3) is 2.80. The molecule has 4 rings (SSSR count). The average molecular weight is 448 g/mol. The molecule has 1 atom stereocenters. The van der Waals surface area contributed by atoms with Crippen LogP contribution in [0.4, 0.5) is 0 Å². The van der Waals surface area contributed by atoms with Crippen LogP contribution in [0.3, 0.4) is 0 Å². The number of rotatable bonds is 2. The van der Waals surface area contributed by atoms with Crippen molar-refractivity contribution in [1.82, 2.24) is 10.6 Å². The van der Waals surface area contributed by atoms with Crippen molar-refractivity contribution in [1.29, 1.82) is 0 Å². The van der Waals surface area contributed by atoms with Crippen LogP contribution in [0.15, 0.2) is 48.0 Å². The second-order valence-corrected chi connectivity index (χ2v) is 7.66. The molecular formula is C19H17IN2OS. The highest BCUT2D eigenvalue weighted by Gasteiger charge is 2.31. The average Bonchev–Trinajstić information content (AvgIpc) is 2.60. The summed E-state index contributed by atoms with van der Waals surface area (Å²) in [5, 5.41) is 7.50. The van der Waals surface area contributed by atoms with Gasteiger partial charge in [-0.1, -0.05) is 18.2 Å². The summed E-state index contributed by atoms with van der Waals surface area (Å²) in [5.41, 5.74) is 6.31. The Morgan fingerprint density at radius 1 is 1.17 bits per heavy atom. The van der Waals surface area contributed by atoms with Crippen LogP contribution in [0.2, 0.25) is 0 Å². The maximum Gasteiger partial charge on any atom is 0.171 e. The van der Waals surface area contributed by atoms with Crippen LogP contribution in [0.5, 0.6) is 5.75 Å². The lowest BCUT2D eigenvalue weighted by atomic mass is 9.83. The first-order chi connectivity index (χ1) is 11.7. The number of benzene rings is 2. The lowest BCUT2D eigenvalue weighted by molar-refractivity contribution is 0.414. The molecule has 0 amide bonds. The highest BCUT2D eigenvalue weighted by Crippen LogP contribution is 2.40. The first-order valence-electron chi connectivity index (χ1n) is 7.89. The van der Waals surface area contributed by atoms with E-state index >= 15 is 0 Å². The molecule has 0 saturated heterocycles. The standard InChI is InChI=1S/C19H17IN2OS/c1-23-14-7-5-11-6-8-15-17(12-3-2-4-13(20)9-12)21-19(24)22-18(15)16(11)10-14/h2-5,7,9-10,17H,6,8H2,1H3,(H2,21,22,24)/t17-/m1/s1. The van der Waals surface area contributed by atoms with E-state index in [1.54, 1.807) is 7.11 Å². The van der Waals surface area contributed by atoms with Gasteiger partial charge in [-0.2, -0.15) is 0 Å². The third-order valence-corrected chi connectivity index (χ3v) is 5.51. The summed E-state index contributed by atoms with van der Waals surface area (Å²) in [4.78, 5) is 0.